The number of aromatic nitrogens is 1. The van der Waals surface area contributed by atoms with Gasteiger partial charge in [0.05, 0.1) is 17.8 Å². The highest BCUT2D eigenvalue weighted by Crippen LogP contribution is 2.57. The van der Waals surface area contributed by atoms with E-state index in [2.05, 4.69) is 108 Å². The molecule has 3 aliphatic heterocycles. The summed E-state index contributed by atoms with van der Waals surface area (Å²) in [5.41, 5.74) is 11.9. The average molecular weight is 561 g/mol. The maximum Gasteiger partial charge on any atom is 0.144 e. The topological polar surface area (TPSA) is 29.0 Å². The summed E-state index contributed by atoms with van der Waals surface area (Å²) in [5.74, 6) is 1.34. The van der Waals surface area contributed by atoms with Crippen molar-refractivity contribution >= 4 is 22.7 Å². The van der Waals surface area contributed by atoms with Crippen LogP contribution in [0.2, 0.25) is 0 Å². The first kappa shape index (κ1) is 23.4. The molecule has 3 nitrogen and oxygen atoms in total. The van der Waals surface area contributed by atoms with Gasteiger partial charge in [0.2, 0.25) is 0 Å². The van der Waals surface area contributed by atoms with Crippen molar-refractivity contribution in [2.24, 2.45) is 0 Å². The molecule has 2 aromatic heterocycles. The molecule has 2 aliphatic carbocycles. The summed E-state index contributed by atoms with van der Waals surface area (Å²) in [5, 5.41) is 1.19. The predicted octanol–water partition coefficient (Wildman–Crippen LogP) is 9.28. The average Bonchev–Trinajstić information content (AvgIpc) is 3.45. The van der Waals surface area contributed by atoms with Gasteiger partial charge >= 0.3 is 0 Å². The molecule has 4 heteroatoms. The summed E-state index contributed by atoms with van der Waals surface area (Å²) in [7, 11) is 0. The van der Waals surface area contributed by atoms with E-state index < -0.39 is 0 Å². The number of hydrogen-bond donors (Lipinski definition) is 0. The van der Waals surface area contributed by atoms with Crippen molar-refractivity contribution in [2.75, 3.05) is 0 Å². The second kappa shape index (κ2) is 8.70. The van der Waals surface area contributed by atoms with Gasteiger partial charge < -0.3 is 4.42 Å². The smallest absolute Gasteiger partial charge is 0.144 e. The summed E-state index contributed by atoms with van der Waals surface area (Å²) < 4.78 is 6.55. The molecular weight excluding hydrogens is 532 g/mol. The number of aryl methyl sites for hydroxylation is 1. The number of hydrogen-bond acceptors (Lipinski definition) is 4. The van der Waals surface area contributed by atoms with Crippen molar-refractivity contribution in [1.29, 1.82) is 0 Å². The minimum atomic E-state index is 0.357. The molecule has 4 unspecified atom stereocenters. The SMILES string of the molecule is C1=C[C@H](c2ccc3c(c2)-c2c(oc4ccccc24)-c2ccccc2S3)CC(C2C3C=C4CCc5cccnc5C4N32)=C1. The number of nitrogens with zero attached hydrogens (tertiary/aromatic N) is 2. The maximum atomic E-state index is 6.55. The zero-order valence-electron chi connectivity index (χ0n) is 23.0. The van der Waals surface area contributed by atoms with Crippen LogP contribution in [-0.4, -0.2) is 22.0 Å². The Morgan fingerprint density at radius 3 is 2.76 bits per heavy atom. The number of pyridine rings is 1. The molecule has 0 amide bonds. The molecule has 0 N–H and O–H groups in total. The molecule has 5 aliphatic rings. The lowest BCUT2D eigenvalue weighted by atomic mass is 9.83. The van der Waals surface area contributed by atoms with Gasteiger partial charge in [0.15, 0.2) is 0 Å². The molecule has 202 valence electrons. The van der Waals surface area contributed by atoms with E-state index >= 15 is 0 Å². The quantitative estimate of drug-likeness (QED) is 0.156. The highest BCUT2D eigenvalue weighted by Gasteiger charge is 2.58. The van der Waals surface area contributed by atoms with E-state index in [1.807, 2.05) is 18.0 Å². The number of para-hydroxylation sites is 1. The van der Waals surface area contributed by atoms with Gasteiger partial charge in [-0.15, -0.1) is 0 Å². The molecular formula is C38H28N2OS. The fourth-order valence-corrected chi connectivity index (χ4v) is 9.05. The molecule has 1 fully saturated rings. The molecule has 3 aromatic carbocycles. The standard InChI is InChI=1S/C38H28N2OS/c1-3-12-31-27(10-1)34-29-20-24(16-17-33(29)42-32-13-4-2-11-28(32)38(34)41-31)23-7-5-8-25(19-23)36-30-21-26-15-14-22-9-6-18-39-35(22)37(26)40(30)36/h1-13,16-18,20-21,23,30,36-37H,14-15,19H2/t23-,30?,36?,37?,40?/m0/s1. The van der Waals surface area contributed by atoms with Crippen molar-refractivity contribution in [1.82, 2.24) is 9.88 Å². The van der Waals surface area contributed by atoms with E-state index in [1.54, 1.807) is 11.1 Å². The van der Waals surface area contributed by atoms with Crippen LogP contribution in [0.1, 0.15) is 41.6 Å². The van der Waals surface area contributed by atoms with Gasteiger partial charge in [-0.2, -0.15) is 0 Å². The fraction of sp³-hybridized carbons (Fsp3) is 0.184. The van der Waals surface area contributed by atoms with Crippen LogP contribution < -0.4 is 0 Å². The monoisotopic (exact) mass is 560 g/mol. The molecule has 5 heterocycles. The Hall–Kier alpha value is -4.12. The Morgan fingerprint density at radius 2 is 1.76 bits per heavy atom. The third-order valence-electron chi connectivity index (χ3n) is 9.94. The molecule has 1 saturated heterocycles. The van der Waals surface area contributed by atoms with Crippen LogP contribution in [-0.2, 0) is 6.42 Å². The molecule has 0 spiro atoms. The molecule has 0 radical (unpaired) electrons. The maximum absolute atomic E-state index is 6.55. The predicted molar refractivity (Wildman–Crippen MR) is 169 cm³/mol. The highest BCUT2D eigenvalue weighted by atomic mass is 32.2. The van der Waals surface area contributed by atoms with Gasteiger partial charge in [0.1, 0.15) is 11.3 Å². The first-order chi connectivity index (χ1) is 20.8. The van der Waals surface area contributed by atoms with E-state index in [1.165, 1.54) is 55.1 Å². The summed E-state index contributed by atoms with van der Waals surface area (Å²) in [6.07, 6.45) is 15.0. The molecule has 5 atom stereocenters. The summed E-state index contributed by atoms with van der Waals surface area (Å²) in [6, 6.07) is 30.0. The molecule has 5 aromatic rings. The molecule has 0 saturated carbocycles. The van der Waals surface area contributed by atoms with Crippen molar-refractivity contribution < 1.29 is 4.42 Å². The molecule has 42 heavy (non-hydrogen) atoms. The van der Waals surface area contributed by atoms with Crippen molar-refractivity contribution in [3.05, 3.63) is 137 Å². The van der Waals surface area contributed by atoms with E-state index in [-0.39, 0.29) is 0 Å². The first-order valence-corrected chi connectivity index (χ1v) is 15.9. The number of furan rings is 1. The van der Waals surface area contributed by atoms with Crippen molar-refractivity contribution in [2.45, 2.75) is 53.1 Å². The van der Waals surface area contributed by atoms with Gasteiger partial charge in [0, 0.05) is 50.0 Å². The van der Waals surface area contributed by atoms with Crippen LogP contribution >= 0.6 is 11.8 Å². The number of fused-ring (bicyclic) bond motifs is 12. The van der Waals surface area contributed by atoms with Gasteiger partial charge in [-0.3, -0.25) is 9.88 Å². The van der Waals surface area contributed by atoms with Crippen LogP contribution in [0.15, 0.2) is 135 Å². The fourth-order valence-electron chi connectivity index (χ4n) is 7.99. The van der Waals surface area contributed by atoms with E-state index in [0.29, 0.717) is 24.0 Å². The normalized spacial score (nSPS) is 26.1. The summed E-state index contributed by atoms with van der Waals surface area (Å²) in [6.45, 7) is 0. The lowest BCUT2D eigenvalue weighted by Gasteiger charge is -2.28. The van der Waals surface area contributed by atoms with Crippen LogP contribution in [0.3, 0.4) is 0 Å². The number of rotatable bonds is 2. The van der Waals surface area contributed by atoms with Gasteiger partial charge in [-0.25, -0.2) is 0 Å². The van der Waals surface area contributed by atoms with Gasteiger partial charge in [0.25, 0.3) is 0 Å². The van der Waals surface area contributed by atoms with E-state index in [0.717, 1.165) is 24.2 Å². The third kappa shape index (κ3) is 3.31. The Balaban J connectivity index is 1.01. The van der Waals surface area contributed by atoms with E-state index in [9.17, 15) is 0 Å². The Morgan fingerprint density at radius 1 is 0.857 bits per heavy atom. The zero-order chi connectivity index (χ0) is 27.4. The number of allylic oxidation sites excluding steroid dienone is 3. The third-order valence-corrected chi connectivity index (χ3v) is 11.1. The largest absolute Gasteiger partial charge is 0.455 e. The van der Waals surface area contributed by atoms with Gasteiger partial charge in [-0.05, 0) is 66.3 Å². The summed E-state index contributed by atoms with van der Waals surface area (Å²) >= 11 is 1.85. The lowest BCUT2D eigenvalue weighted by Crippen LogP contribution is -2.22. The van der Waals surface area contributed by atoms with Crippen LogP contribution in [0.5, 0.6) is 0 Å². The second-order valence-electron chi connectivity index (χ2n) is 12.2. The zero-order valence-corrected chi connectivity index (χ0v) is 23.9. The molecule has 0 bridgehead atoms. The Bertz CT molecular complexity index is 2050. The van der Waals surface area contributed by atoms with Gasteiger partial charge in [-0.1, -0.05) is 90.2 Å². The van der Waals surface area contributed by atoms with Crippen molar-refractivity contribution in [3.8, 4) is 22.5 Å². The second-order valence-corrected chi connectivity index (χ2v) is 13.3. The minimum absolute atomic E-state index is 0.357. The summed E-state index contributed by atoms with van der Waals surface area (Å²) in [4.78, 5) is 10.1. The first-order valence-electron chi connectivity index (χ1n) is 15.0. The van der Waals surface area contributed by atoms with Crippen LogP contribution in [0.25, 0.3) is 33.4 Å². The van der Waals surface area contributed by atoms with Crippen LogP contribution in [0, 0.1) is 0 Å². The van der Waals surface area contributed by atoms with Crippen LogP contribution in [0.4, 0.5) is 0 Å². The Labute approximate surface area is 249 Å². The lowest BCUT2D eigenvalue weighted by molar-refractivity contribution is 0.412. The molecule has 10 rings (SSSR count). The van der Waals surface area contributed by atoms with Crippen molar-refractivity contribution in [3.63, 3.8) is 0 Å². The number of benzene rings is 3. The van der Waals surface area contributed by atoms with E-state index in [4.69, 9.17) is 9.40 Å². The highest BCUT2D eigenvalue weighted by molar-refractivity contribution is 7.99. The Kier molecular flexibility index (Phi) is 4.86. The minimum Gasteiger partial charge on any atom is -0.455 e.